The molecular weight excluding hydrogens is 270 g/mol. The first kappa shape index (κ1) is 15.4. The smallest absolute Gasteiger partial charge is 0.342 e. The number of fused-ring (bicyclic) bond motifs is 1. The van der Waals surface area contributed by atoms with Crippen LogP contribution in [0.4, 0.5) is 0 Å². The molecule has 0 aliphatic rings. The van der Waals surface area contributed by atoms with Crippen molar-refractivity contribution in [3.05, 3.63) is 29.2 Å². The van der Waals surface area contributed by atoms with Gasteiger partial charge in [0.15, 0.2) is 5.65 Å². The van der Waals surface area contributed by atoms with Gasteiger partial charge in [0, 0.05) is 19.4 Å². The molecule has 21 heavy (non-hydrogen) atoms. The number of rotatable bonds is 3. The molecule has 2 aromatic heterocycles. The fraction of sp³-hybridized carbons (Fsp3) is 0.533. The van der Waals surface area contributed by atoms with Gasteiger partial charge in [0.25, 0.3) is 0 Å². The van der Waals surface area contributed by atoms with E-state index in [0.29, 0.717) is 16.9 Å². The average Bonchev–Trinajstić information content (AvgIpc) is 2.74. The first-order valence-electron chi connectivity index (χ1n) is 6.84. The third kappa shape index (κ3) is 3.21. The van der Waals surface area contributed by atoms with Crippen LogP contribution in [0.25, 0.3) is 5.65 Å². The normalized spacial score (nSPS) is 13.4. The predicted octanol–water partition coefficient (Wildman–Crippen LogP) is 2.70. The van der Waals surface area contributed by atoms with Gasteiger partial charge in [-0.1, -0.05) is 0 Å². The summed E-state index contributed by atoms with van der Waals surface area (Å²) in [6, 6.07) is 1.85. The zero-order valence-electron chi connectivity index (χ0n) is 13.3. The molecule has 2 rings (SSSR count). The highest BCUT2D eigenvalue weighted by Gasteiger charge is 2.25. The summed E-state index contributed by atoms with van der Waals surface area (Å²) in [4.78, 5) is 16.7. The minimum Gasteiger partial charge on any atom is -0.456 e. The van der Waals surface area contributed by atoms with Crippen molar-refractivity contribution in [3.63, 3.8) is 0 Å². The number of aromatic nitrogens is 3. The largest absolute Gasteiger partial charge is 0.456 e. The summed E-state index contributed by atoms with van der Waals surface area (Å²) < 4.78 is 12.5. The molecular formula is C15H21N3O3. The number of hydrogen-bond donors (Lipinski definition) is 0. The van der Waals surface area contributed by atoms with Crippen molar-refractivity contribution < 1.29 is 14.3 Å². The van der Waals surface area contributed by atoms with Crippen molar-refractivity contribution in [2.45, 2.75) is 46.3 Å². The first-order valence-corrected chi connectivity index (χ1v) is 6.84. The molecule has 0 saturated heterocycles. The van der Waals surface area contributed by atoms with Gasteiger partial charge in [-0.3, -0.25) is 0 Å². The molecule has 0 bridgehead atoms. The van der Waals surface area contributed by atoms with Crippen molar-refractivity contribution in [3.8, 4) is 0 Å². The van der Waals surface area contributed by atoms with E-state index in [2.05, 4.69) is 10.1 Å². The monoisotopic (exact) mass is 291 g/mol. The lowest BCUT2D eigenvalue weighted by atomic mass is 10.1. The summed E-state index contributed by atoms with van der Waals surface area (Å²) >= 11 is 0. The van der Waals surface area contributed by atoms with E-state index in [4.69, 9.17) is 9.47 Å². The molecule has 1 unspecified atom stereocenters. The van der Waals surface area contributed by atoms with E-state index in [0.717, 1.165) is 5.69 Å². The highest BCUT2D eigenvalue weighted by atomic mass is 16.6. The van der Waals surface area contributed by atoms with Gasteiger partial charge in [0.05, 0.1) is 17.5 Å². The average molecular weight is 291 g/mol. The molecule has 0 N–H and O–H groups in total. The number of esters is 1. The zero-order valence-corrected chi connectivity index (χ0v) is 13.3. The SMILES string of the molecule is COC(C)c1c(C(=O)OC(C)(C)C)cnc2cc(C)nn12. The van der Waals surface area contributed by atoms with Crippen LogP contribution in [0.5, 0.6) is 0 Å². The van der Waals surface area contributed by atoms with Crippen LogP contribution < -0.4 is 0 Å². The molecule has 0 aromatic carbocycles. The van der Waals surface area contributed by atoms with Crippen molar-refractivity contribution >= 4 is 11.6 Å². The van der Waals surface area contributed by atoms with Crippen molar-refractivity contribution in [2.75, 3.05) is 7.11 Å². The Labute approximate surface area is 124 Å². The van der Waals surface area contributed by atoms with Crippen LogP contribution in [0.3, 0.4) is 0 Å². The summed E-state index contributed by atoms with van der Waals surface area (Å²) in [6.07, 6.45) is 1.22. The molecule has 0 spiro atoms. The fourth-order valence-electron chi connectivity index (χ4n) is 2.06. The third-order valence-electron chi connectivity index (χ3n) is 3.00. The van der Waals surface area contributed by atoms with Crippen LogP contribution in [0.1, 0.15) is 55.5 Å². The van der Waals surface area contributed by atoms with E-state index in [1.807, 2.05) is 40.7 Å². The minimum absolute atomic E-state index is 0.308. The molecule has 0 saturated carbocycles. The van der Waals surface area contributed by atoms with Crippen LogP contribution in [0, 0.1) is 6.92 Å². The zero-order chi connectivity index (χ0) is 15.8. The molecule has 2 heterocycles. The molecule has 6 nitrogen and oxygen atoms in total. The number of carbonyl (C=O) groups excluding carboxylic acids is 1. The molecule has 0 aliphatic carbocycles. The Morgan fingerprint density at radius 1 is 1.38 bits per heavy atom. The number of methoxy groups -OCH3 is 1. The Bertz CT molecular complexity index is 671. The van der Waals surface area contributed by atoms with E-state index in [-0.39, 0.29) is 6.10 Å². The molecule has 114 valence electrons. The van der Waals surface area contributed by atoms with E-state index < -0.39 is 11.6 Å². The summed E-state index contributed by atoms with van der Waals surface area (Å²) in [5.41, 5.74) is 1.95. The Morgan fingerprint density at radius 2 is 2.05 bits per heavy atom. The molecule has 6 heteroatoms. The Kier molecular flexibility index (Phi) is 4.00. The lowest BCUT2D eigenvalue weighted by Gasteiger charge is -2.21. The number of aryl methyl sites for hydroxylation is 1. The molecule has 1 atom stereocenters. The number of carbonyl (C=O) groups is 1. The van der Waals surface area contributed by atoms with Crippen molar-refractivity contribution in [1.29, 1.82) is 0 Å². The Morgan fingerprint density at radius 3 is 2.62 bits per heavy atom. The molecule has 0 radical (unpaired) electrons. The van der Waals surface area contributed by atoms with E-state index in [1.54, 1.807) is 11.6 Å². The number of nitrogens with zero attached hydrogens (tertiary/aromatic N) is 3. The van der Waals surface area contributed by atoms with Gasteiger partial charge in [0.1, 0.15) is 11.2 Å². The van der Waals surface area contributed by atoms with Crippen molar-refractivity contribution in [2.24, 2.45) is 0 Å². The Hall–Kier alpha value is -1.95. The lowest BCUT2D eigenvalue weighted by Crippen LogP contribution is -2.26. The maximum absolute atomic E-state index is 12.4. The van der Waals surface area contributed by atoms with Crippen LogP contribution in [0.2, 0.25) is 0 Å². The maximum atomic E-state index is 12.4. The summed E-state index contributed by atoms with van der Waals surface area (Å²) in [7, 11) is 1.59. The van der Waals surface area contributed by atoms with Crippen molar-refractivity contribution in [1.82, 2.24) is 14.6 Å². The number of ether oxygens (including phenoxy) is 2. The fourth-order valence-corrected chi connectivity index (χ4v) is 2.06. The van der Waals surface area contributed by atoms with Crippen LogP contribution in [0.15, 0.2) is 12.3 Å². The Balaban J connectivity index is 2.59. The second-order valence-electron chi connectivity index (χ2n) is 5.99. The lowest BCUT2D eigenvalue weighted by molar-refractivity contribution is 0.00603. The maximum Gasteiger partial charge on any atom is 0.342 e. The van der Waals surface area contributed by atoms with Gasteiger partial charge in [-0.15, -0.1) is 0 Å². The van der Waals surface area contributed by atoms with Crippen LogP contribution >= 0.6 is 0 Å². The van der Waals surface area contributed by atoms with Gasteiger partial charge in [-0.25, -0.2) is 14.3 Å². The highest BCUT2D eigenvalue weighted by Crippen LogP contribution is 2.23. The molecule has 0 fully saturated rings. The highest BCUT2D eigenvalue weighted by molar-refractivity contribution is 5.91. The summed E-state index contributed by atoms with van der Waals surface area (Å²) in [6.45, 7) is 9.22. The topological polar surface area (TPSA) is 65.7 Å². The predicted molar refractivity (Wildman–Crippen MR) is 78.3 cm³/mol. The van der Waals surface area contributed by atoms with Gasteiger partial charge < -0.3 is 9.47 Å². The van der Waals surface area contributed by atoms with Gasteiger partial charge in [0.2, 0.25) is 0 Å². The molecule has 0 aliphatic heterocycles. The van der Waals surface area contributed by atoms with Crippen LogP contribution in [-0.4, -0.2) is 33.3 Å². The quantitative estimate of drug-likeness (QED) is 0.813. The second-order valence-corrected chi connectivity index (χ2v) is 5.99. The van der Waals surface area contributed by atoms with Gasteiger partial charge in [-0.2, -0.15) is 5.10 Å². The minimum atomic E-state index is -0.570. The van der Waals surface area contributed by atoms with Gasteiger partial charge >= 0.3 is 5.97 Å². The first-order chi connectivity index (χ1) is 9.73. The van der Waals surface area contributed by atoms with E-state index >= 15 is 0 Å². The standard InChI is InChI=1S/C15H21N3O3/c1-9-7-12-16-8-11(14(19)21-15(3,4)5)13(10(2)20-6)18(12)17-9/h7-8,10H,1-6H3. The summed E-state index contributed by atoms with van der Waals surface area (Å²) in [5, 5.41) is 4.39. The van der Waals surface area contributed by atoms with E-state index in [1.165, 1.54) is 6.20 Å². The van der Waals surface area contributed by atoms with Crippen LogP contribution in [-0.2, 0) is 9.47 Å². The number of hydrogen-bond acceptors (Lipinski definition) is 5. The van der Waals surface area contributed by atoms with E-state index in [9.17, 15) is 4.79 Å². The third-order valence-corrected chi connectivity index (χ3v) is 3.00. The summed E-state index contributed by atoms with van der Waals surface area (Å²) in [5.74, 6) is -0.427. The molecule has 0 amide bonds. The molecule has 2 aromatic rings. The second kappa shape index (κ2) is 5.44. The van der Waals surface area contributed by atoms with Gasteiger partial charge in [-0.05, 0) is 34.6 Å².